The molecule has 3 N–H and O–H groups in total. The van der Waals surface area contributed by atoms with Crippen LogP contribution in [0.1, 0.15) is 38.5 Å². The number of rotatable bonds is 6. The van der Waals surface area contributed by atoms with Gasteiger partial charge < -0.3 is 20.4 Å². The number of para-hydroxylation sites is 1. The third-order valence-corrected chi connectivity index (χ3v) is 6.13. The highest BCUT2D eigenvalue weighted by Crippen LogP contribution is 2.30. The van der Waals surface area contributed by atoms with Crippen molar-refractivity contribution in [2.45, 2.75) is 44.6 Å². The summed E-state index contributed by atoms with van der Waals surface area (Å²) in [5.41, 5.74) is 0.997. The maximum atomic E-state index is 12.4. The lowest BCUT2D eigenvalue weighted by Gasteiger charge is -2.28. The average Bonchev–Trinajstić information content (AvgIpc) is 3.24. The molecule has 0 radical (unpaired) electrons. The summed E-state index contributed by atoms with van der Waals surface area (Å²) in [6.07, 6.45) is 6.40. The van der Waals surface area contributed by atoms with E-state index in [1.54, 1.807) is 0 Å². The van der Waals surface area contributed by atoms with Gasteiger partial charge in [-0.25, -0.2) is 4.98 Å². The first-order valence-electron chi connectivity index (χ1n) is 10.3. The Kier molecular flexibility index (Phi) is 6.22. The fourth-order valence-corrected chi connectivity index (χ4v) is 4.47. The zero-order valence-corrected chi connectivity index (χ0v) is 16.9. The average molecular weight is 401 g/mol. The van der Waals surface area contributed by atoms with Crippen molar-refractivity contribution in [1.29, 1.82) is 0 Å². The molecule has 2 heterocycles. The number of hydrogen-bond acceptors (Lipinski definition) is 5. The van der Waals surface area contributed by atoms with Crippen LogP contribution < -0.4 is 10.6 Å². The van der Waals surface area contributed by atoms with Gasteiger partial charge in [0.15, 0.2) is 4.77 Å². The summed E-state index contributed by atoms with van der Waals surface area (Å²) in [5, 5.41) is 7.63. The van der Waals surface area contributed by atoms with Crippen LogP contribution in [-0.2, 0) is 9.53 Å². The molecule has 1 aliphatic carbocycles. The van der Waals surface area contributed by atoms with E-state index < -0.39 is 0 Å². The predicted molar refractivity (Wildman–Crippen MR) is 113 cm³/mol. The van der Waals surface area contributed by atoms with E-state index >= 15 is 0 Å². The van der Waals surface area contributed by atoms with Crippen LogP contribution in [-0.4, -0.2) is 41.7 Å². The molecule has 1 amide bonds. The molecule has 1 saturated carbocycles. The summed E-state index contributed by atoms with van der Waals surface area (Å²) in [5.74, 6) is 1.74. The van der Waals surface area contributed by atoms with Gasteiger partial charge in [-0.05, 0) is 68.8 Å². The van der Waals surface area contributed by atoms with Gasteiger partial charge >= 0.3 is 0 Å². The van der Waals surface area contributed by atoms with Crippen LogP contribution in [0.3, 0.4) is 0 Å². The van der Waals surface area contributed by atoms with Crippen LogP contribution >= 0.6 is 12.2 Å². The molecule has 1 aromatic carbocycles. The molecule has 4 rings (SSSR count). The lowest BCUT2D eigenvalue weighted by molar-refractivity contribution is -0.126. The van der Waals surface area contributed by atoms with Gasteiger partial charge in [0, 0.05) is 31.0 Å². The Hall–Kier alpha value is -1.99. The first kappa shape index (κ1) is 19.3. The number of benzene rings is 1. The van der Waals surface area contributed by atoms with Gasteiger partial charge in [-0.1, -0.05) is 12.1 Å². The highest BCUT2D eigenvalue weighted by molar-refractivity contribution is 7.71. The minimum absolute atomic E-state index is 0.141. The second-order valence-electron chi connectivity index (χ2n) is 7.91. The topological polar surface area (TPSA) is 79.0 Å². The Bertz CT molecular complexity index is 870. The van der Waals surface area contributed by atoms with Gasteiger partial charge in [0.05, 0.1) is 11.6 Å². The molecule has 6 nitrogen and oxygen atoms in total. The molecule has 2 aliphatic rings. The van der Waals surface area contributed by atoms with Gasteiger partial charge in [-0.2, -0.15) is 0 Å². The van der Waals surface area contributed by atoms with Crippen LogP contribution in [0.5, 0.6) is 0 Å². The molecule has 1 atom stereocenters. The van der Waals surface area contributed by atoms with Crippen molar-refractivity contribution in [2.75, 3.05) is 25.0 Å². The van der Waals surface area contributed by atoms with E-state index in [4.69, 9.17) is 17.0 Å². The standard InChI is InChI=1S/C21H28N4O2S/c26-20(23-13-16-4-3-11-27-16)15-9-7-14(8-10-15)12-22-19-17-5-1-2-6-18(17)24-21(28)25-19/h1-2,5-6,14-16H,3-4,7-13H2,(H,23,26)(H2,22,24,25,28). The highest BCUT2D eigenvalue weighted by Gasteiger charge is 2.27. The number of carbonyl (C=O) groups is 1. The number of fused-ring (bicyclic) bond motifs is 1. The summed E-state index contributed by atoms with van der Waals surface area (Å²) in [7, 11) is 0. The van der Waals surface area contributed by atoms with Crippen molar-refractivity contribution >= 4 is 34.8 Å². The van der Waals surface area contributed by atoms with Gasteiger partial charge in [0.2, 0.25) is 5.91 Å². The maximum absolute atomic E-state index is 12.4. The van der Waals surface area contributed by atoms with Gasteiger partial charge in [0.1, 0.15) is 5.82 Å². The number of ether oxygens (including phenoxy) is 1. The summed E-state index contributed by atoms with van der Waals surface area (Å²) in [6, 6.07) is 8.05. The Morgan fingerprint density at radius 3 is 2.79 bits per heavy atom. The molecule has 150 valence electrons. The normalized spacial score (nSPS) is 24.9. The zero-order valence-electron chi connectivity index (χ0n) is 16.1. The summed E-state index contributed by atoms with van der Waals surface area (Å²) >= 11 is 5.25. The largest absolute Gasteiger partial charge is 0.376 e. The number of carbonyl (C=O) groups excluding carboxylic acids is 1. The second kappa shape index (κ2) is 9.01. The smallest absolute Gasteiger partial charge is 0.223 e. The number of aromatic nitrogens is 2. The monoisotopic (exact) mass is 400 g/mol. The van der Waals surface area contributed by atoms with Crippen LogP contribution in [0.2, 0.25) is 0 Å². The minimum atomic E-state index is 0.141. The van der Waals surface area contributed by atoms with Crippen LogP contribution in [0.4, 0.5) is 5.82 Å². The maximum Gasteiger partial charge on any atom is 0.223 e. The van der Waals surface area contributed by atoms with Crippen LogP contribution in [0.25, 0.3) is 10.9 Å². The summed E-state index contributed by atoms with van der Waals surface area (Å²) < 4.78 is 6.08. The zero-order chi connectivity index (χ0) is 19.3. The van der Waals surface area contributed by atoms with Gasteiger partial charge in [0.25, 0.3) is 0 Å². The van der Waals surface area contributed by atoms with E-state index in [-0.39, 0.29) is 17.9 Å². The first-order valence-corrected chi connectivity index (χ1v) is 10.7. The SMILES string of the molecule is O=C(NCC1CCCO1)C1CCC(CNc2nc(=S)[nH]c3ccccc23)CC1. The lowest BCUT2D eigenvalue weighted by Crippen LogP contribution is -2.38. The summed E-state index contributed by atoms with van der Waals surface area (Å²) in [4.78, 5) is 20.0. The number of nitrogens with one attached hydrogen (secondary N) is 3. The van der Waals surface area contributed by atoms with E-state index in [2.05, 4.69) is 20.6 Å². The number of amides is 1. The van der Waals surface area contributed by atoms with E-state index in [0.29, 0.717) is 17.2 Å². The molecule has 0 bridgehead atoms. The van der Waals surface area contributed by atoms with Crippen molar-refractivity contribution in [1.82, 2.24) is 15.3 Å². The third kappa shape index (κ3) is 4.70. The first-order chi connectivity index (χ1) is 13.7. The molecule has 7 heteroatoms. The molecular formula is C21H28N4O2S. The fraction of sp³-hybridized carbons (Fsp3) is 0.571. The van der Waals surface area contributed by atoms with Gasteiger partial charge in [-0.3, -0.25) is 4.79 Å². The molecule has 1 unspecified atom stereocenters. The number of hydrogen-bond donors (Lipinski definition) is 3. The lowest BCUT2D eigenvalue weighted by atomic mass is 9.81. The Morgan fingerprint density at radius 2 is 2.00 bits per heavy atom. The Labute approximate surface area is 170 Å². The van der Waals surface area contributed by atoms with Crippen molar-refractivity contribution < 1.29 is 9.53 Å². The quantitative estimate of drug-likeness (QED) is 0.643. The molecule has 1 saturated heterocycles. The molecule has 0 spiro atoms. The van der Waals surface area contributed by atoms with E-state index in [1.165, 1.54) is 0 Å². The highest BCUT2D eigenvalue weighted by atomic mass is 32.1. The number of aromatic amines is 1. The van der Waals surface area contributed by atoms with Gasteiger partial charge in [-0.15, -0.1) is 0 Å². The molecule has 2 fully saturated rings. The molecule has 1 aliphatic heterocycles. The van der Waals surface area contributed by atoms with E-state index in [1.807, 2.05) is 24.3 Å². The van der Waals surface area contributed by atoms with Crippen LogP contribution in [0.15, 0.2) is 24.3 Å². The predicted octanol–water partition coefficient (Wildman–Crippen LogP) is 3.81. The minimum Gasteiger partial charge on any atom is -0.376 e. The van der Waals surface area contributed by atoms with E-state index in [0.717, 1.165) is 68.4 Å². The number of anilines is 1. The number of H-pyrrole nitrogens is 1. The Morgan fingerprint density at radius 1 is 1.18 bits per heavy atom. The van der Waals surface area contributed by atoms with Crippen molar-refractivity contribution in [2.24, 2.45) is 11.8 Å². The Balaban J connectivity index is 1.26. The molecule has 2 aromatic rings. The van der Waals surface area contributed by atoms with Crippen LogP contribution in [0, 0.1) is 16.6 Å². The number of nitrogens with zero attached hydrogens (tertiary/aromatic N) is 1. The van der Waals surface area contributed by atoms with Crippen molar-refractivity contribution in [3.05, 3.63) is 29.0 Å². The van der Waals surface area contributed by atoms with Crippen molar-refractivity contribution in [3.8, 4) is 0 Å². The molecule has 28 heavy (non-hydrogen) atoms. The third-order valence-electron chi connectivity index (χ3n) is 5.94. The molecule has 1 aromatic heterocycles. The molecular weight excluding hydrogens is 372 g/mol. The second-order valence-corrected chi connectivity index (χ2v) is 8.30. The van der Waals surface area contributed by atoms with E-state index in [9.17, 15) is 4.79 Å². The van der Waals surface area contributed by atoms with Crippen molar-refractivity contribution in [3.63, 3.8) is 0 Å². The summed E-state index contributed by atoms with van der Waals surface area (Å²) in [6.45, 7) is 2.35. The fourth-order valence-electron chi connectivity index (χ4n) is 4.27.